The molecule has 1 aromatic heterocycles. The summed E-state index contributed by atoms with van der Waals surface area (Å²) in [7, 11) is 3.15. The van der Waals surface area contributed by atoms with Crippen molar-refractivity contribution in [3.05, 3.63) is 23.4 Å². The van der Waals surface area contributed by atoms with Crippen LogP contribution in [0.1, 0.15) is 49.2 Å². The van der Waals surface area contributed by atoms with Gasteiger partial charge in [-0.15, -0.1) is 0 Å². The third-order valence-electron chi connectivity index (χ3n) is 5.02. The SMILES string of the molecule is CCC(NC(=O)c1nc(OCC2CCCO2)ccc1C(F)(F)F)C(C)C(=O)N(C)C. The van der Waals surface area contributed by atoms with Crippen molar-refractivity contribution in [2.75, 3.05) is 27.3 Å². The van der Waals surface area contributed by atoms with E-state index in [9.17, 15) is 22.8 Å². The molecule has 30 heavy (non-hydrogen) atoms. The zero-order chi connectivity index (χ0) is 22.5. The van der Waals surface area contributed by atoms with Crippen molar-refractivity contribution in [1.82, 2.24) is 15.2 Å². The van der Waals surface area contributed by atoms with Gasteiger partial charge in [0.25, 0.3) is 5.91 Å². The van der Waals surface area contributed by atoms with Gasteiger partial charge in [0, 0.05) is 32.8 Å². The van der Waals surface area contributed by atoms with E-state index < -0.39 is 35.3 Å². The first kappa shape index (κ1) is 23.9. The minimum Gasteiger partial charge on any atom is -0.475 e. The lowest BCUT2D eigenvalue weighted by atomic mass is 9.97. The maximum atomic E-state index is 13.4. The molecule has 2 amide bonds. The predicted molar refractivity (Wildman–Crippen MR) is 103 cm³/mol. The Morgan fingerprint density at radius 3 is 2.60 bits per heavy atom. The number of halogens is 3. The van der Waals surface area contributed by atoms with E-state index in [1.807, 2.05) is 0 Å². The molecule has 7 nitrogen and oxygen atoms in total. The van der Waals surface area contributed by atoms with Crippen molar-refractivity contribution < 1.29 is 32.2 Å². The van der Waals surface area contributed by atoms with Gasteiger partial charge in [0.05, 0.1) is 17.6 Å². The number of ether oxygens (including phenoxy) is 2. The lowest BCUT2D eigenvalue weighted by Crippen LogP contribution is -2.45. The summed E-state index contributed by atoms with van der Waals surface area (Å²) in [5.41, 5.74) is -1.94. The number of aromatic nitrogens is 1. The average molecular weight is 431 g/mol. The minimum atomic E-state index is -4.76. The fourth-order valence-corrected chi connectivity index (χ4v) is 3.27. The quantitative estimate of drug-likeness (QED) is 0.685. The van der Waals surface area contributed by atoms with Crippen molar-refractivity contribution in [3.8, 4) is 5.88 Å². The number of rotatable bonds is 8. The van der Waals surface area contributed by atoms with Gasteiger partial charge in [-0.2, -0.15) is 13.2 Å². The lowest BCUT2D eigenvalue weighted by molar-refractivity contribution is -0.138. The second-order valence-electron chi connectivity index (χ2n) is 7.50. The highest BCUT2D eigenvalue weighted by molar-refractivity contribution is 5.94. The maximum absolute atomic E-state index is 13.4. The van der Waals surface area contributed by atoms with Crippen LogP contribution in [0.15, 0.2) is 12.1 Å². The first-order valence-electron chi connectivity index (χ1n) is 9.89. The van der Waals surface area contributed by atoms with Crippen LogP contribution >= 0.6 is 0 Å². The van der Waals surface area contributed by atoms with E-state index in [4.69, 9.17) is 9.47 Å². The molecule has 1 saturated heterocycles. The van der Waals surface area contributed by atoms with Crippen molar-refractivity contribution in [1.29, 1.82) is 0 Å². The van der Waals surface area contributed by atoms with E-state index in [2.05, 4.69) is 10.3 Å². The summed E-state index contributed by atoms with van der Waals surface area (Å²) >= 11 is 0. The van der Waals surface area contributed by atoms with E-state index in [0.717, 1.165) is 25.0 Å². The van der Waals surface area contributed by atoms with Gasteiger partial charge in [0.15, 0.2) is 0 Å². The van der Waals surface area contributed by atoms with Crippen LogP contribution in [-0.2, 0) is 15.7 Å². The first-order valence-corrected chi connectivity index (χ1v) is 9.89. The van der Waals surface area contributed by atoms with E-state index in [1.54, 1.807) is 27.9 Å². The molecule has 0 aromatic carbocycles. The van der Waals surface area contributed by atoms with Gasteiger partial charge in [0.2, 0.25) is 11.8 Å². The zero-order valence-corrected chi connectivity index (χ0v) is 17.6. The zero-order valence-electron chi connectivity index (χ0n) is 17.6. The molecule has 0 aliphatic carbocycles. The molecular weight excluding hydrogens is 403 g/mol. The highest BCUT2D eigenvalue weighted by Crippen LogP contribution is 2.32. The van der Waals surface area contributed by atoms with Crippen LogP contribution < -0.4 is 10.1 Å². The topological polar surface area (TPSA) is 80.8 Å². The molecule has 1 N–H and O–H groups in total. The minimum absolute atomic E-state index is 0.0888. The molecule has 0 radical (unpaired) electrons. The second kappa shape index (κ2) is 10.1. The van der Waals surface area contributed by atoms with E-state index in [0.29, 0.717) is 13.0 Å². The van der Waals surface area contributed by atoms with Gasteiger partial charge in [-0.1, -0.05) is 13.8 Å². The fraction of sp³-hybridized carbons (Fsp3) is 0.650. The van der Waals surface area contributed by atoms with Crippen LogP contribution in [0.3, 0.4) is 0 Å². The molecule has 2 heterocycles. The summed E-state index contributed by atoms with van der Waals surface area (Å²) in [6.07, 6.45) is -2.86. The summed E-state index contributed by atoms with van der Waals surface area (Å²) in [6, 6.07) is 1.22. The van der Waals surface area contributed by atoms with Crippen LogP contribution in [0.5, 0.6) is 5.88 Å². The third kappa shape index (κ3) is 6.07. The molecule has 3 unspecified atom stereocenters. The number of nitrogens with zero attached hydrogens (tertiary/aromatic N) is 2. The van der Waals surface area contributed by atoms with Crippen molar-refractivity contribution in [2.24, 2.45) is 5.92 Å². The number of carbonyl (C=O) groups is 2. The molecule has 3 atom stereocenters. The van der Waals surface area contributed by atoms with Crippen LogP contribution in [0.25, 0.3) is 0 Å². The fourth-order valence-electron chi connectivity index (χ4n) is 3.27. The molecule has 1 aliphatic rings. The van der Waals surface area contributed by atoms with Gasteiger partial charge in [-0.05, 0) is 25.3 Å². The van der Waals surface area contributed by atoms with Crippen LogP contribution in [-0.4, -0.2) is 61.2 Å². The molecule has 1 aromatic rings. The molecule has 168 valence electrons. The molecule has 1 aliphatic heterocycles. The largest absolute Gasteiger partial charge is 0.475 e. The molecule has 2 rings (SSSR count). The van der Waals surface area contributed by atoms with Crippen LogP contribution in [0.4, 0.5) is 13.2 Å². The Morgan fingerprint density at radius 1 is 1.37 bits per heavy atom. The number of pyridine rings is 1. The van der Waals surface area contributed by atoms with Crippen molar-refractivity contribution in [3.63, 3.8) is 0 Å². The van der Waals surface area contributed by atoms with Crippen molar-refractivity contribution in [2.45, 2.75) is 51.4 Å². The Balaban J connectivity index is 2.23. The van der Waals surface area contributed by atoms with E-state index in [-0.39, 0.29) is 24.5 Å². The second-order valence-corrected chi connectivity index (χ2v) is 7.50. The third-order valence-corrected chi connectivity index (χ3v) is 5.02. The number of hydrogen-bond acceptors (Lipinski definition) is 5. The van der Waals surface area contributed by atoms with Gasteiger partial charge in [-0.25, -0.2) is 4.98 Å². The molecule has 0 saturated carbocycles. The molecular formula is C20H28F3N3O4. The number of nitrogens with one attached hydrogen (secondary N) is 1. The molecule has 10 heteroatoms. The Labute approximate surface area is 173 Å². The smallest absolute Gasteiger partial charge is 0.418 e. The van der Waals surface area contributed by atoms with Gasteiger partial charge in [-0.3, -0.25) is 9.59 Å². The van der Waals surface area contributed by atoms with Gasteiger partial charge < -0.3 is 19.7 Å². The number of amides is 2. The maximum Gasteiger partial charge on any atom is 0.418 e. The monoisotopic (exact) mass is 431 g/mol. The standard InChI is InChI=1S/C20H28F3N3O4/c1-5-15(12(2)19(28)26(3)4)24-18(27)17-14(20(21,22)23)8-9-16(25-17)30-11-13-7-6-10-29-13/h8-9,12-13,15H,5-7,10-11H2,1-4H3,(H,24,27). The molecule has 0 bridgehead atoms. The Morgan fingerprint density at radius 2 is 2.07 bits per heavy atom. The van der Waals surface area contributed by atoms with Crippen LogP contribution in [0, 0.1) is 5.92 Å². The summed E-state index contributed by atoms with van der Waals surface area (Å²) in [6.45, 7) is 4.12. The number of hydrogen-bond donors (Lipinski definition) is 1. The molecule has 1 fully saturated rings. The van der Waals surface area contributed by atoms with Crippen LogP contribution in [0.2, 0.25) is 0 Å². The van der Waals surface area contributed by atoms with Gasteiger partial charge in [0.1, 0.15) is 12.3 Å². The summed E-state index contributed by atoms with van der Waals surface area (Å²) in [5.74, 6) is -1.94. The van der Waals surface area contributed by atoms with Gasteiger partial charge >= 0.3 is 6.18 Å². The molecule has 0 spiro atoms. The number of carbonyl (C=O) groups excluding carboxylic acids is 2. The van der Waals surface area contributed by atoms with E-state index >= 15 is 0 Å². The first-order chi connectivity index (χ1) is 14.0. The summed E-state index contributed by atoms with van der Waals surface area (Å²) in [4.78, 5) is 30.1. The predicted octanol–water partition coefficient (Wildman–Crippen LogP) is 2.89. The summed E-state index contributed by atoms with van der Waals surface area (Å²) < 4.78 is 51.2. The Bertz CT molecular complexity index is 749. The highest BCUT2D eigenvalue weighted by atomic mass is 19.4. The lowest BCUT2D eigenvalue weighted by Gasteiger charge is -2.26. The Hall–Kier alpha value is -2.36. The highest BCUT2D eigenvalue weighted by Gasteiger charge is 2.37. The Kier molecular flexibility index (Phi) is 8.05. The number of alkyl halides is 3. The van der Waals surface area contributed by atoms with E-state index in [1.165, 1.54) is 4.90 Å². The summed E-state index contributed by atoms with van der Waals surface area (Å²) in [5, 5.41) is 2.53. The van der Waals surface area contributed by atoms with Crippen molar-refractivity contribution >= 4 is 11.8 Å². The average Bonchev–Trinajstić information content (AvgIpc) is 3.21. The normalized spacial score (nSPS) is 18.6.